The summed E-state index contributed by atoms with van der Waals surface area (Å²) in [5, 5.41) is 33.0. The van der Waals surface area contributed by atoms with Crippen molar-refractivity contribution in [2.24, 2.45) is 0 Å². The van der Waals surface area contributed by atoms with Crippen LogP contribution < -0.4 is 34.9 Å². The number of benzene rings is 3. The zero-order valence-corrected chi connectivity index (χ0v) is 29.8. The molecule has 4 N–H and O–H groups in total. The number of rotatable bonds is 15. The van der Waals surface area contributed by atoms with Crippen molar-refractivity contribution in [1.82, 2.24) is 9.88 Å². The number of aliphatic carboxylic acids is 1. The van der Waals surface area contributed by atoms with Crippen LogP contribution in [0.1, 0.15) is 79.6 Å². The monoisotopic (exact) mass is 668 g/mol. The van der Waals surface area contributed by atoms with E-state index in [-0.39, 0.29) is 75.3 Å². The number of esters is 1. The summed E-state index contributed by atoms with van der Waals surface area (Å²) in [7, 11) is 0. The predicted octanol–water partition coefficient (Wildman–Crippen LogP) is 3.28. The van der Waals surface area contributed by atoms with Crippen molar-refractivity contribution in [2.75, 3.05) is 6.61 Å². The summed E-state index contributed by atoms with van der Waals surface area (Å²) >= 11 is 0. The van der Waals surface area contributed by atoms with Crippen LogP contribution in [0.5, 0.6) is 0 Å². The number of amides is 1. The first-order valence-electron chi connectivity index (χ1n) is 15.7. The standard InChI is InChI=1S/C37H41FN2O7.Na.H/c1-4-47-37(46)27-12-10-24(11-13-27)22-39-36(45)35-34(25-8-6-5-7-9-25)33(26-14-16-28(38)17-15-26)31(40(35)23(2)3)19-18-29(41)20-30(42)21-32(43)44;;/h5-17,23,29-30,41-42H,4,18-22H2,1-3H3,(H,39,45)(H,43,44);;/q;+1;-1/t29-,30-;;/m1../s1. The maximum Gasteiger partial charge on any atom is 1.00 e. The fraction of sp³-hybridized carbons (Fsp3) is 0.324. The summed E-state index contributed by atoms with van der Waals surface area (Å²) in [6.45, 7) is 6.08. The van der Waals surface area contributed by atoms with Gasteiger partial charge in [0.1, 0.15) is 11.5 Å². The number of ether oxygens (including phenoxy) is 1. The quantitative estimate of drug-likeness (QED) is 0.113. The third-order valence-corrected chi connectivity index (χ3v) is 7.82. The Kier molecular flexibility index (Phi) is 14.6. The Morgan fingerprint density at radius 2 is 1.52 bits per heavy atom. The van der Waals surface area contributed by atoms with E-state index in [1.54, 1.807) is 43.3 Å². The SMILES string of the molecule is CCOC(=O)c1ccc(CNC(=O)c2c(-c3ccccc3)c(-c3ccc(F)cc3)c(CC[C@@H](O)C[C@@H](O)CC(=O)O)n2C(C)C)cc1.[H-].[Na+]. The molecule has 0 saturated carbocycles. The van der Waals surface area contributed by atoms with E-state index in [9.17, 15) is 29.0 Å². The van der Waals surface area contributed by atoms with Gasteiger partial charge in [-0.1, -0.05) is 54.6 Å². The second-order valence-electron chi connectivity index (χ2n) is 11.7. The second kappa shape index (κ2) is 18.1. The molecule has 0 fully saturated rings. The van der Waals surface area contributed by atoms with Crippen molar-refractivity contribution in [3.8, 4) is 22.3 Å². The van der Waals surface area contributed by atoms with E-state index < -0.39 is 36.4 Å². The zero-order valence-electron chi connectivity index (χ0n) is 28.8. The fourth-order valence-corrected chi connectivity index (χ4v) is 5.75. The molecule has 0 aliphatic heterocycles. The van der Waals surface area contributed by atoms with Crippen molar-refractivity contribution in [3.05, 3.63) is 107 Å². The Hall–Kier alpha value is -3.80. The normalized spacial score (nSPS) is 12.2. The number of aliphatic hydroxyl groups excluding tert-OH is 2. The molecule has 48 heavy (non-hydrogen) atoms. The molecule has 0 saturated heterocycles. The number of carboxylic acid groups (broad SMARTS) is 1. The van der Waals surface area contributed by atoms with Gasteiger partial charge in [-0.05, 0) is 81.0 Å². The summed E-state index contributed by atoms with van der Waals surface area (Å²) < 4.78 is 21.1. The van der Waals surface area contributed by atoms with Crippen LogP contribution in [0.25, 0.3) is 22.3 Å². The molecule has 0 aliphatic rings. The molecule has 11 heteroatoms. The van der Waals surface area contributed by atoms with E-state index in [0.29, 0.717) is 27.9 Å². The summed E-state index contributed by atoms with van der Waals surface area (Å²) in [5.74, 6) is -2.34. The van der Waals surface area contributed by atoms with E-state index in [0.717, 1.165) is 16.8 Å². The number of aromatic nitrogens is 1. The molecule has 0 unspecified atom stereocenters. The second-order valence-corrected chi connectivity index (χ2v) is 11.7. The molecular formula is C37H42FN2NaO7. The number of carbonyl (C=O) groups is 3. The molecule has 250 valence electrons. The molecule has 3 aromatic carbocycles. The predicted molar refractivity (Wildman–Crippen MR) is 178 cm³/mol. The minimum Gasteiger partial charge on any atom is -1.00 e. The van der Waals surface area contributed by atoms with Gasteiger partial charge in [0.15, 0.2) is 0 Å². The summed E-state index contributed by atoms with van der Waals surface area (Å²) in [6, 6.07) is 22.0. The molecule has 1 aromatic heterocycles. The average Bonchev–Trinajstić information content (AvgIpc) is 3.39. The summed E-state index contributed by atoms with van der Waals surface area (Å²) in [5.41, 5.74) is 5.14. The maximum atomic E-state index is 14.2. The number of hydrogen-bond acceptors (Lipinski definition) is 6. The summed E-state index contributed by atoms with van der Waals surface area (Å²) in [4.78, 5) is 37.3. The van der Waals surface area contributed by atoms with Gasteiger partial charge in [-0.2, -0.15) is 0 Å². The number of carbonyl (C=O) groups excluding carboxylic acids is 2. The Morgan fingerprint density at radius 3 is 2.10 bits per heavy atom. The molecule has 1 heterocycles. The van der Waals surface area contributed by atoms with Gasteiger partial charge in [0.2, 0.25) is 0 Å². The van der Waals surface area contributed by atoms with E-state index in [2.05, 4.69) is 5.32 Å². The molecule has 0 aliphatic carbocycles. The summed E-state index contributed by atoms with van der Waals surface area (Å²) in [6.07, 6.45) is -2.33. The number of halogens is 1. The van der Waals surface area contributed by atoms with Gasteiger partial charge in [0, 0.05) is 29.4 Å². The molecule has 4 rings (SSSR count). The third kappa shape index (κ3) is 9.87. The van der Waals surface area contributed by atoms with Crippen LogP contribution in [0, 0.1) is 5.82 Å². The van der Waals surface area contributed by atoms with Crippen LogP contribution in [0.2, 0.25) is 0 Å². The molecule has 4 aromatic rings. The van der Waals surface area contributed by atoms with Gasteiger partial charge < -0.3 is 31.4 Å². The molecule has 1 amide bonds. The Balaban J connectivity index is 0.00000417. The van der Waals surface area contributed by atoms with Crippen LogP contribution in [0.3, 0.4) is 0 Å². The van der Waals surface area contributed by atoms with Gasteiger partial charge in [-0.15, -0.1) is 0 Å². The van der Waals surface area contributed by atoms with Crippen LogP contribution in [-0.4, -0.2) is 56.5 Å². The average molecular weight is 669 g/mol. The molecular weight excluding hydrogens is 626 g/mol. The number of aliphatic hydroxyl groups is 2. The minimum atomic E-state index is -1.21. The van der Waals surface area contributed by atoms with Crippen molar-refractivity contribution >= 4 is 17.8 Å². The van der Waals surface area contributed by atoms with Crippen LogP contribution in [-0.2, 0) is 22.5 Å². The van der Waals surface area contributed by atoms with Crippen molar-refractivity contribution in [3.63, 3.8) is 0 Å². The first kappa shape index (κ1) is 38.6. The Bertz CT molecular complexity index is 1680. The molecule has 0 bridgehead atoms. The van der Waals surface area contributed by atoms with Crippen molar-refractivity contribution in [1.29, 1.82) is 0 Å². The third-order valence-electron chi connectivity index (χ3n) is 7.82. The number of nitrogens with one attached hydrogen (secondary N) is 1. The molecule has 0 spiro atoms. The number of nitrogens with zero attached hydrogens (tertiary/aromatic N) is 1. The molecule has 2 atom stereocenters. The van der Waals surface area contributed by atoms with Gasteiger partial charge in [-0.3, -0.25) is 9.59 Å². The first-order chi connectivity index (χ1) is 22.5. The first-order valence-corrected chi connectivity index (χ1v) is 15.7. The van der Waals surface area contributed by atoms with Gasteiger partial charge >= 0.3 is 41.5 Å². The maximum absolute atomic E-state index is 14.2. The zero-order chi connectivity index (χ0) is 34.1. The van der Waals surface area contributed by atoms with E-state index in [1.165, 1.54) is 12.1 Å². The van der Waals surface area contributed by atoms with E-state index >= 15 is 0 Å². The van der Waals surface area contributed by atoms with Crippen LogP contribution in [0.4, 0.5) is 4.39 Å². The van der Waals surface area contributed by atoms with Crippen molar-refractivity contribution in [2.45, 2.75) is 71.2 Å². The molecule has 0 radical (unpaired) electrons. The number of hydrogen-bond donors (Lipinski definition) is 4. The van der Waals surface area contributed by atoms with E-state index in [1.807, 2.05) is 48.7 Å². The van der Waals surface area contributed by atoms with Gasteiger partial charge in [-0.25, -0.2) is 9.18 Å². The number of carboxylic acids is 1. The fourth-order valence-electron chi connectivity index (χ4n) is 5.75. The van der Waals surface area contributed by atoms with Crippen LogP contribution in [0.15, 0.2) is 78.9 Å². The van der Waals surface area contributed by atoms with Crippen LogP contribution >= 0.6 is 0 Å². The topological polar surface area (TPSA) is 138 Å². The van der Waals surface area contributed by atoms with Gasteiger partial charge in [0.25, 0.3) is 5.91 Å². The Morgan fingerprint density at radius 1 is 0.896 bits per heavy atom. The minimum absolute atomic E-state index is 0. The van der Waals surface area contributed by atoms with E-state index in [4.69, 9.17) is 9.84 Å². The molecule has 9 nitrogen and oxygen atoms in total. The largest absolute Gasteiger partial charge is 1.00 e. The Labute approximate surface area is 303 Å². The van der Waals surface area contributed by atoms with Crippen molar-refractivity contribution < 1.29 is 69.8 Å². The smallest absolute Gasteiger partial charge is 1.00 e. The van der Waals surface area contributed by atoms with Gasteiger partial charge in [0.05, 0.1) is 30.8 Å².